The topological polar surface area (TPSA) is 79.2 Å². The van der Waals surface area contributed by atoms with Gasteiger partial charge in [-0.25, -0.2) is 13.9 Å². The number of hydrogen-bond donors (Lipinski definition) is 1. The first kappa shape index (κ1) is 19.3. The molecule has 1 unspecified atom stereocenters. The van der Waals surface area contributed by atoms with Gasteiger partial charge in [-0.15, -0.1) is 11.3 Å². The number of piperidine rings is 1. The molecule has 1 amide bonds. The number of aromatic nitrogens is 5. The highest BCUT2D eigenvalue weighted by molar-refractivity contribution is 7.12. The molecule has 0 aliphatic carbocycles. The average molecular weight is 412 g/mol. The van der Waals surface area contributed by atoms with E-state index in [4.69, 9.17) is 0 Å². The van der Waals surface area contributed by atoms with E-state index < -0.39 is 6.17 Å². The van der Waals surface area contributed by atoms with Crippen LogP contribution in [0.2, 0.25) is 0 Å². The Morgan fingerprint density at radius 2 is 2.14 bits per heavy atom. The number of halogens is 1. The third kappa shape index (κ3) is 3.53. The number of aromatic amines is 1. The van der Waals surface area contributed by atoms with Crippen molar-refractivity contribution >= 4 is 22.9 Å². The van der Waals surface area contributed by atoms with Crippen molar-refractivity contribution in [2.24, 2.45) is 0 Å². The third-order valence-corrected chi connectivity index (χ3v) is 5.88. The predicted octanol–water partition coefficient (Wildman–Crippen LogP) is 4.06. The van der Waals surface area contributed by atoms with Crippen molar-refractivity contribution in [2.75, 3.05) is 13.1 Å². The number of carbonyl (C=O) groups is 1. The van der Waals surface area contributed by atoms with Crippen LogP contribution < -0.4 is 0 Å². The van der Waals surface area contributed by atoms with Gasteiger partial charge in [-0.3, -0.25) is 9.89 Å². The normalized spacial score (nSPS) is 16.7. The molecule has 5 rings (SSSR count). The van der Waals surface area contributed by atoms with Crippen molar-refractivity contribution in [3.63, 3.8) is 0 Å². The van der Waals surface area contributed by atoms with Gasteiger partial charge in [0.25, 0.3) is 5.91 Å². The first-order chi connectivity index (χ1) is 13.7. The van der Waals surface area contributed by atoms with Crippen LogP contribution in [0.1, 0.15) is 29.9 Å². The number of H-pyrrole nitrogens is 1. The largest absolute Gasteiger partial charge is 0.335 e. The summed E-state index contributed by atoms with van der Waals surface area (Å²) in [6, 6.07) is 1.84. The molecule has 0 radical (unpaired) electrons. The van der Waals surface area contributed by atoms with E-state index in [1.165, 1.54) is 11.3 Å². The number of alkyl halides is 1. The highest BCUT2D eigenvalue weighted by Gasteiger charge is 2.25. The number of thiophene rings is 1. The monoisotopic (exact) mass is 412 g/mol. The van der Waals surface area contributed by atoms with Gasteiger partial charge in [-0.1, -0.05) is 7.43 Å². The van der Waals surface area contributed by atoms with E-state index in [1.54, 1.807) is 34.2 Å². The second kappa shape index (κ2) is 7.75. The molecule has 1 fully saturated rings. The maximum absolute atomic E-state index is 13.6. The fourth-order valence-electron chi connectivity index (χ4n) is 3.49. The van der Waals surface area contributed by atoms with E-state index in [9.17, 15) is 9.18 Å². The maximum Gasteiger partial charge on any atom is 0.264 e. The average Bonchev–Trinajstić information content (AvgIpc) is 3.46. The van der Waals surface area contributed by atoms with Gasteiger partial charge in [-0.05, 0) is 29.9 Å². The molecule has 1 aliphatic heterocycles. The fraction of sp³-hybridized carbons (Fsp3) is 0.300. The molecule has 7 nitrogen and oxygen atoms in total. The standard InChI is InChI=1S/C19H17FN6OS.CH4/c20-15-2-1-3-25(10-15)19(27)17-4-12(11-28-17)16-8-24-26-9-14(5-21-18(16)26)13-6-22-23-7-13;/h4-9,11,15H,1-3,10H2,(H,22,23);1H4. The molecule has 0 aromatic carbocycles. The van der Waals surface area contributed by atoms with Crippen LogP contribution in [0.4, 0.5) is 4.39 Å². The van der Waals surface area contributed by atoms with Crippen LogP contribution >= 0.6 is 11.3 Å². The molecule has 4 aromatic rings. The van der Waals surface area contributed by atoms with Gasteiger partial charge in [0, 0.05) is 41.8 Å². The lowest BCUT2D eigenvalue weighted by Gasteiger charge is -2.28. The van der Waals surface area contributed by atoms with E-state index in [2.05, 4.69) is 20.3 Å². The molecule has 1 N–H and O–H groups in total. The van der Waals surface area contributed by atoms with Crippen LogP contribution in [0.5, 0.6) is 0 Å². The second-order valence-electron chi connectivity index (χ2n) is 6.85. The minimum absolute atomic E-state index is 0. The van der Waals surface area contributed by atoms with Gasteiger partial charge >= 0.3 is 0 Å². The van der Waals surface area contributed by atoms with Crippen LogP contribution in [0.3, 0.4) is 0 Å². The molecule has 0 saturated carbocycles. The summed E-state index contributed by atoms with van der Waals surface area (Å²) >= 11 is 1.37. The molecule has 5 heterocycles. The molecule has 150 valence electrons. The van der Waals surface area contributed by atoms with E-state index in [-0.39, 0.29) is 19.9 Å². The van der Waals surface area contributed by atoms with Gasteiger partial charge in [0.15, 0.2) is 5.65 Å². The molecule has 1 aliphatic rings. The summed E-state index contributed by atoms with van der Waals surface area (Å²) in [5.41, 5.74) is 4.30. The van der Waals surface area contributed by atoms with Gasteiger partial charge in [0.2, 0.25) is 0 Å². The Morgan fingerprint density at radius 3 is 2.93 bits per heavy atom. The summed E-state index contributed by atoms with van der Waals surface area (Å²) in [5, 5.41) is 13.1. The molecular weight excluding hydrogens is 391 g/mol. The number of carbonyl (C=O) groups excluding carboxylic acids is 1. The third-order valence-electron chi connectivity index (χ3n) is 4.96. The molecule has 1 saturated heterocycles. The summed E-state index contributed by atoms with van der Waals surface area (Å²) in [6.07, 6.45) is 9.26. The van der Waals surface area contributed by atoms with E-state index in [1.807, 2.05) is 17.6 Å². The Labute approximate surface area is 171 Å². The molecule has 0 spiro atoms. The van der Waals surface area contributed by atoms with Crippen LogP contribution in [0.15, 0.2) is 42.4 Å². The lowest BCUT2D eigenvalue weighted by Crippen LogP contribution is -2.40. The van der Waals surface area contributed by atoms with E-state index in [0.717, 1.165) is 22.3 Å². The minimum Gasteiger partial charge on any atom is -0.335 e. The number of fused-ring (bicyclic) bond motifs is 1. The lowest BCUT2D eigenvalue weighted by molar-refractivity contribution is 0.0641. The van der Waals surface area contributed by atoms with Gasteiger partial charge < -0.3 is 4.90 Å². The second-order valence-corrected chi connectivity index (χ2v) is 7.76. The number of nitrogens with one attached hydrogen (secondary N) is 1. The van der Waals surface area contributed by atoms with Crippen LogP contribution in [-0.4, -0.2) is 54.9 Å². The van der Waals surface area contributed by atoms with Crippen LogP contribution in [-0.2, 0) is 0 Å². The number of hydrogen-bond acceptors (Lipinski definition) is 5. The van der Waals surface area contributed by atoms with Crippen LogP contribution in [0, 0.1) is 0 Å². The summed E-state index contributed by atoms with van der Waals surface area (Å²) < 4.78 is 15.3. The number of nitrogens with zero attached hydrogens (tertiary/aromatic N) is 5. The van der Waals surface area contributed by atoms with Gasteiger partial charge in [0.05, 0.1) is 23.8 Å². The van der Waals surface area contributed by atoms with Crippen LogP contribution in [0.25, 0.3) is 27.9 Å². The Kier molecular flexibility index (Phi) is 5.14. The summed E-state index contributed by atoms with van der Waals surface area (Å²) in [7, 11) is 0. The molecule has 29 heavy (non-hydrogen) atoms. The van der Waals surface area contributed by atoms with E-state index in [0.29, 0.717) is 29.9 Å². The first-order valence-electron chi connectivity index (χ1n) is 9.04. The molecule has 0 bridgehead atoms. The van der Waals surface area contributed by atoms with Crippen molar-refractivity contribution in [2.45, 2.75) is 26.4 Å². The quantitative estimate of drug-likeness (QED) is 0.550. The summed E-state index contributed by atoms with van der Waals surface area (Å²) in [4.78, 5) is 19.5. The van der Waals surface area contributed by atoms with E-state index >= 15 is 0 Å². The first-order valence-corrected chi connectivity index (χ1v) is 9.92. The summed E-state index contributed by atoms with van der Waals surface area (Å²) in [6.45, 7) is 0.794. The number of rotatable bonds is 3. The highest BCUT2D eigenvalue weighted by Crippen LogP contribution is 2.30. The Bertz CT molecular complexity index is 1140. The van der Waals surface area contributed by atoms with Gasteiger partial charge in [-0.2, -0.15) is 10.2 Å². The number of likely N-dealkylation sites (tertiary alicyclic amines) is 1. The van der Waals surface area contributed by atoms with Crippen molar-refractivity contribution in [1.29, 1.82) is 0 Å². The molecular formula is C20H21FN6OS. The highest BCUT2D eigenvalue weighted by atomic mass is 32.1. The lowest BCUT2D eigenvalue weighted by atomic mass is 10.1. The smallest absolute Gasteiger partial charge is 0.264 e. The number of amides is 1. The van der Waals surface area contributed by atoms with Crippen molar-refractivity contribution in [3.05, 3.63) is 47.3 Å². The Hall–Kier alpha value is -3.07. The SMILES string of the molecule is C.O=C(c1cc(-c2cnn3cc(-c4cn[nH]c4)cnc23)cs1)N1CCCC(F)C1. The maximum atomic E-state index is 13.6. The predicted molar refractivity (Wildman–Crippen MR) is 111 cm³/mol. The summed E-state index contributed by atoms with van der Waals surface area (Å²) in [5.74, 6) is -0.106. The zero-order valence-electron chi connectivity index (χ0n) is 14.9. The Balaban J connectivity index is 0.00000205. The molecule has 9 heteroatoms. The van der Waals surface area contributed by atoms with Gasteiger partial charge in [0.1, 0.15) is 6.17 Å². The zero-order chi connectivity index (χ0) is 19.1. The molecule has 1 atom stereocenters. The van der Waals surface area contributed by atoms with Crippen molar-refractivity contribution in [3.8, 4) is 22.3 Å². The Morgan fingerprint density at radius 1 is 1.24 bits per heavy atom. The fourth-order valence-corrected chi connectivity index (χ4v) is 4.37. The minimum atomic E-state index is -0.926. The van der Waals surface area contributed by atoms with Crippen molar-refractivity contribution < 1.29 is 9.18 Å². The zero-order valence-corrected chi connectivity index (χ0v) is 15.7. The van der Waals surface area contributed by atoms with Crippen molar-refractivity contribution in [1.82, 2.24) is 29.7 Å². The molecule has 4 aromatic heterocycles.